The van der Waals surface area contributed by atoms with E-state index >= 15 is 0 Å². The summed E-state index contributed by atoms with van der Waals surface area (Å²) < 4.78 is 2.02. The number of rotatable bonds is 3. The summed E-state index contributed by atoms with van der Waals surface area (Å²) in [5, 5.41) is 0. The molecule has 2 aromatic rings. The molecule has 2 rings (SSSR count). The molecule has 0 aliphatic rings. The van der Waals surface area contributed by atoms with Gasteiger partial charge in [-0.2, -0.15) is 0 Å². The summed E-state index contributed by atoms with van der Waals surface area (Å²) >= 11 is 0. The van der Waals surface area contributed by atoms with Gasteiger partial charge in [-0.05, 0) is 30.9 Å². The zero-order valence-electron chi connectivity index (χ0n) is 12.4. The zero-order chi connectivity index (χ0) is 14.2. The van der Waals surface area contributed by atoms with Gasteiger partial charge in [0.15, 0.2) is 5.78 Å². The van der Waals surface area contributed by atoms with Crippen molar-refractivity contribution < 1.29 is 4.79 Å². The first kappa shape index (κ1) is 13.8. The van der Waals surface area contributed by atoms with Crippen LogP contribution in [0.3, 0.4) is 0 Å². The van der Waals surface area contributed by atoms with Gasteiger partial charge in [0.25, 0.3) is 0 Å². The van der Waals surface area contributed by atoms with Crippen LogP contribution in [-0.4, -0.2) is 15.3 Å². The average Bonchev–Trinajstić information content (AvgIpc) is 2.62. The van der Waals surface area contributed by atoms with Gasteiger partial charge in [0, 0.05) is 19.0 Å². The summed E-state index contributed by atoms with van der Waals surface area (Å²) in [6.45, 7) is 8.44. The number of aromatic nitrogens is 2. The summed E-state index contributed by atoms with van der Waals surface area (Å²) in [6.07, 6.45) is 1.48. The first-order valence-electron chi connectivity index (χ1n) is 6.75. The Balaban J connectivity index is 2.35. The van der Waals surface area contributed by atoms with Gasteiger partial charge in [0.2, 0.25) is 0 Å². The molecule has 1 heterocycles. The molecule has 0 aliphatic heterocycles. The summed E-state index contributed by atoms with van der Waals surface area (Å²) in [5.41, 5.74) is 2.80. The lowest BCUT2D eigenvalue weighted by atomic mass is 9.88. The normalized spacial score (nSPS) is 12.1. The molecular formula is C16H22N2O. The molecule has 0 fully saturated rings. The quantitative estimate of drug-likeness (QED) is 0.783. The number of fused-ring (bicyclic) bond motifs is 1. The smallest absolute Gasteiger partial charge is 0.165 e. The number of ketones is 1. The molecule has 19 heavy (non-hydrogen) atoms. The highest BCUT2D eigenvalue weighted by Crippen LogP contribution is 2.25. The zero-order valence-corrected chi connectivity index (χ0v) is 12.4. The monoisotopic (exact) mass is 258 g/mol. The van der Waals surface area contributed by atoms with E-state index in [-0.39, 0.29) is 11.2 Å². The second-order valence-corrected chi connectivity index (χ2v) is 6.38. The molecule has 0 radical (unpaired) electrons. The topological polar surface area (TPSA) is 34.9 Å². The van der Waals surface area contributed by atoms with Crippen molar-refractivity contribution in [3.8, 4) is 0 Å². The van der Waals surface area contributed by atoms with Gasteiger partial charge in [-0.3, -0.25) is 4.79 Å². The lowest BCUT2D eigenvalue weighted by Gasteiger charge is -2.17. The molecule has 0 saturated heterocycles. The molecule has 0 amide bonds. The second kappa shape index (κ2) is 4.80. The Hall–Kier alpha value is -1.64. The lowest BCUT2D eigenvalue weighted by Crippen LogP contribution is -2.09. The van der Waals surface area contributed by atoms with E-state index in [0.717, 1.165) is 28.8 Å². The third-order valence-electron chi connectivity index (χ3n) is 3.54. The molecule has 1 aromatic heterocycles. The van der Waals surface area contributed by atoms with Gasteiger partial charge in [-0.15, -0.1) is 0 Å². The van der Waals surface area contributed by atoms with E-state index in [1.807, 2.05) is 36.7 Å². The summed E-state index contributed by atoms with van der Waals surface area (Å²) in [4.78, 5) is 16.9. The van der Waals surface area contributed by atoms with E-state index in [1.165, 1.54) is 0 Å². The Morgan fingerprint density at radius 1 is 1.32 bits per heavy atom. The van der Waals surface area contributed by atoms with Crippen LogP contribution in [0, 0.1) is 12.3 Å². The Kier molecular flexibility index (Phi) is 3.48. The maximum atomic E-state index is 12.4. The van der Waals surface area contributed by atoms with Crippen LogP contribution in [-0.2, 0) is 7.05 Å². The molecule has 3 heteroatoms. The highest BCUT2D eigenvalue weighted by atomic mass is 16.1. The van der Waals surface area contributed by atoms with Crippen molar-refractivity contribution in [3.05, 3.63) is 29.6 Å². The number of carbonyl (C=O) groups is 1. The van der Waals surface area contributed by atoms with Gasteiger partial charge in [0.05, 0.1) is 11.0 Å². The minimum Gasteiger partial charge on any atom is -0.331 e. The molecule has 0 saturated carbocycles. The number of aryl methyl sites for hydroxylation is 2. The molecule has 3 nitrogen and oxygen atoms in total. The minimum atomic E-state index is 0.184. The molecule has 0 N–H and O–H groups in total. The van der Waals surface area contributed by atoms with Crippen LogP contribution < -0.4 is 0 Å². The van der Waals surface area contributed by atoms with Gasteiger partial charge >= 0.3 is 0 Å². The number of benzene rings is 1. The van der Waals surface area contributed by atoms with Gasteiger partial charge in [0.1, 0.15) is 5.82 Å². The van der Waals surface area contributed by atoms with Crippen molar-refractivity contribution in [2.45, 2.75) is 40.5 Å². The van der Waals surface area contributed by atoms with Crippen LogP contribution in [0.1, 0.15) is 49.8 Å². The third-order valence-corrected chi connectivity index (χ3v) is 3.54. The first-order valence-corrected chi connectivity index (χ1v) is 6.75. The Labute approximate surface area is 114 Å². The van der Waals surface area contributed by atoms with Crippen molar-refractivity contribution in [2.24, 2.45) is 12.5 Å². The fourth-order valence-electron chi connectivity index (χ4n) is 2.18. The van der Waals surface area contributed by atoms with E-state index in [1.54, 1.807) is 0 Å². The lowest BCUT2D eigenvalue weighted by molar-refractivity contribution is 0.0967. The molecule has 102 valence electrons. The summed E-state index contributed by atoms with van der Waals surface area (Å²) in [7, 11) is 1.98. The Morgan fingerprint density at radius 3 is 2.63 bits per heavy atom. The Morgan fingerprint density at radius 2 is 2.00 bits per heavy atom. The van der Waals surface area contributed by atoms with Crippen molar-refractivity contribution in [1.29, 1.82) is 0 Å². The third kappa shape index (κ3) is 2.86. The van der Waals surface area contributed by atoms with E-state index < -0.39 is 0 Å². The standard InChI is InChI=1S/C16H22N2O/c1-11-17-15-12(7-6-8-13(15)18(11)5)14(19)9-10-16(2,3)4/h6-8H,9-10H2,1-5H3. The number of hydrogen-bond acceptors (Lipinski definition) is 2. The summed E-state index contributed by atoms with van der Waals surface area (Å²) in [5.74, 6) is 1.13. The molecule has 0 atom stereocenters. The SMILES string of the molecule is Cc1nc2c(C(=O)CCC(C)(C)C)cccc2n1C. The molecule has 0 aliphatic carbocycles. The predicted octanol–water partition coefficient (Wildman–Crippen LogP) is 3.89. The van der Waals surface area contributed by atoms with Crippen molar-refractivity contribution in [1.82, 2.24) is 9.55 Å². The van der Waals surface area contributed by atoms with Crippen molar-refractivity contribution >= 4 is 16.8 Å². The molecular weight excluding hydrogens is 236 g/mol. The predicted molar refractivity (Wildman–Crippen MR) is 78.5 cm³/mol. The average molecular weight is 258 g/mol. The van der Waals surface area contributed by atoms with Crippen molar-refractivity contribution in [3.63, 3.8) is 0 Å². The molecule has 0 bridgehead atoms. The number of carbonyl (C=O) groups excluding carboxylic acids is 1. The van der Waals surface area contributed by atoms with E-state index in [2.05, 4.69) is 25.8 Å². The van der Waals surface area contributed by atoms with E-state index in [4.69, 9.17) is 0 Å². The van der Waals surface area contributed by atoms with Gasteiger partial charge < -0.3 is 4.57 Å². The van der Waals surface area contributed by atoms with Crippen LogP contribution in [0.4, 0.5) is 0 Å². The molecule has 0 spiro atoms. The number of para-hydroxylation sites is 1. The van der Waals surface area contributed by atoms with Gasteiger partial charge in [-0.1, -0.05) is 26.8 Å². The van der Waals surface area contributed by atoms with Crippen molar-refractivity contribution in [2.75, 3.05) is 0 Å². The highest BCUT2D eigenvalue weighted by molar-refractivity contribution is 6.06. The van der Waals surface area contributed by atoms with Crippen LogP contribution in [0.25, 0.3) is 11.0 Å². The van der Waals surface area contributed by atoms with Crippen LogP contribution >= 0.6 is 0 Å². The largest absolute Gasteiger partial charge is 0.331 e. The van der Waals surface area contributed by atoms with E-state index in [9.17, 15) is 4.79 Å². The van der Waals surface area contributed by atoms with E-state index in [0.29, 0.717) is 6.42 Å². The molecule has 0 unspecified atom stereocenters. The fourth-order valence-corrected chi connectivity index (χ4v) is 2.18. The first-order chi connectivity index (χ1) is 8.79. The molecule has 1 aromatic carbocycles. The fraction of sp³-hybridized carbons (Fsp3) is 0.500. The number of imidazole rings is 1. The van der Waals surface area contributed by atoms with Crippen LogP contribution in [0.15, 0.2) is 18.2 Å². The number of nitrogens with zero attached hydrogens (tertiary/aromatic N) is 2. The van der Waals surface area contributed by atoms with Crippen LogP contribution in [0.2, 0.25) is 0 Å². The van der Waals surface area contributed by atoms with Gasteiger partial charge in [-0.25, -0.2) is 4.98 Å². The Bertz CT molecular complexity index is 617. The second-order valence-electron chi connectivity index (χ2n) is 6.38. The summed E-state index contributed by atoms with van der Waals surface area (Å²) in [6, 6.07) is 5.84. The maximum absolute atomic E-state index is 12.4. The van der Waals surface area contributed by atoms with Crippen LogP contribution in [0.5, 0.6) is 0 Å². The number of hydrogen-bond donors (Lipinski definition) is 0. The number of Topliss-reactive ketones (excluding diaryl/α,β-unsaturated/α-hetero) is 1. The highest BCUT2D eigenvalue weighted by Gasteiger charge is 2.17. The minimum absolute atomic E-state index is 0.184. The maximum Gasteiger partial charge on any atom is 0.165 e.